The van der Waals surface area contributed by atoms with Crippen LogP contribution in [-0.2, 0) is 4.79 Å². The van der Waals surface area contributed by atoms with Crippen LogP contribution in [0.25, 0.3) is 0 Å². The van der Waals surface area contributed by atoms with Gasteiger partial charge in [-0.05, 0) is 36.6 Å². The lowest BCUT2D eigenvalue weighted by Gasteiger charge is -2.19. The highest BCUT2D eigenvalue weighted by Gasteiger charge is 2.42. The Labute approximate surface area is 152 Å². The lowest BCUT2D eigenvalue weighted by Crippen LogP contribution is -2.32. The van der Waals surface area contributed by atoms with Crippen LogP contribution < -0.4 is 9.64 Å². The van der Waals surface area contributed by atoms with Gasteiger partial charge in [0.25, 0.3) is 5.91 Å². The second-order valence-corrected chi connectivity index (χ2v) is 6.69. The molecule has 2 aromatic carbocycles. The number of hydrogen-bond acceptors (Lipinski definition) is 3. The molecule has 1 saturated carbocycles. The summed E-state index contributed by atoms with van der Waals surface area (Å²) in [6.07, 6.45) is 7.20. The van der Waals surface area contributed by atoms with Crippen molar-refractivity contribution < 1.29 is 14.3 Å². The third-order valence-electron chi connectivity index (χ3n) is 4.96. The first-order chi connectivity index (χ1) is 12.7. The number of terminal acetylenes is 1. The number of ketones is 1. The van der Waals surface area contributed by atoms with E-state index in [1.165, 1.54) is 0 Å². The number of hydrogen-bond donors (Lipinski definition) is 0. The second-order valence-electron chi connectivity index (χ2n) is 6.69. The minimum Gasteiger partial charge on any atom is -0.480 e. The molecule has 0 aromatic heterocycles. The summed E-state index contributed by atoms with van der Waals surface area (Å²) in [5.74, 6) is 2.89. The number of Topliss-reactive ketones (excluding diaryl/α,β-unsaturated/α-hetero) is 1. The Hall–Kier alpha value is -3.06. The van der Waals surface area contributed by atoms with E-state index in [0.717, 1.165) is 24.1 Å². The first-order valence-electron chi connectivity index (χ1n) is 8.80. The Morgan fingerprint density at radius 1 is 1.12 bits per heavy atom. The Morgan fingerprint density at radius 2 is 1.85 bits per heavy atom. The standard InChI is InChI=1S/C22H19NO3/c1-2-13-26-20-10-6-4-8-17(20)22(25)23-14-18(21(24)15-11-12-15)16-7-3-5-9-19(16)23/h1,3-10,15,18H,11-14H2. The summed E-state index contributed by atoms with van der Waals surface area (Å²) in [7, 11) is 0. The lowest BCUT2D eigenvalue weighted by atomic mass is 9.94. The van der Waals surface area contributed by atoms with Gasteiger partial charge in [0.15, 0.2) is 0 Å². The van der Waals surface area contributed by atoms with E-state index >= 15 is 0 Å². The number of fused-ring (bicyclic) bond motifs is 1. The van der Waals surface area contributed by atoms with E-state index in [0.29, 0.717) is 17.9 Å². The maximum absolute atomic E-state index is 13.2. The van der Waals surface area contributed by atoms with Gasteiger partial charge < -0.3 is 9.64 Å². The van der Waals surface area contributed by atoms with E-state index in [-0.39, 0.29) is 30.1 Å². The molecule has 1 heterocycles. The zero-order chi connectivity index (χ0) is 18.1. The Morgan fingerprint density at radius 3 is 2.62 bits per heavy atom. The van der Waals surface area contributed by atoms with Gasteiger partial charge >= 0.3 is 0 Å². The summed E-state index contributed by atoms with van der Waals surface area (Å²) in [6, 6.07) is 14.7. The van der Waals surface area contributed by atoms with Crippen molar-refractivity contribution in [1.29, 1.82) is 0 Å². The van der Waals surface area contributed by atoms with Gasteiger partial charge in [0.2, 0.25) is 0 Å². The van der Waals surface area contributed by atoms with Gasteiger partial charge in [-0.25, -0.2) is 0 Å². The van der Waals surface area contributed by atoms with Gasteiger partial charge in [-0.2, -0.15) is 0 Å². The molecule has 1 amide bonds. The van der Waals surface area contributed by atoms with Gasteiger partial charge in [-0.3, -0.25) is 9.59 Å². The first-order valence-corrected chi connectivity index (χ1v) is 8.80. The van der Waals surface area contributed by atoms with E-state index in [2.05, 4.69) is 5.92 Å². The van der Waals surface area contributed by atoms with Crippen molar-refractivity contribution >= 4 is 17.4 Å². The highest BCUT2D eigenvalue weighted by Crippen LogP contribution is 2.43. The zero-order valence-corrected chi connectivity index (χ0v) is 14.4. The molecule has 1 fully saturated rings. The highest BCUT2D eigenvalue weighted by atomic mass is 16.5. The third-order valence-corrected chi connectivity index (χ3v) is 4.96. The molecule has 0 N–H and O–H groups in total. The summed E-state index contributed by atoms with van der Waals surface area (Å²) in [5.41, 5.74) is 2.21. The molecule has 0 saturated heterocycles. The number of amides is 1. The number of ether oxygens (including phenoxy) is 1. The van der Waals surface area contributed by atoms with E-state index in [4.69, 9.17) is 11.2 Å². The topological polar surface area (TPSA) is 46.6 Å². The SMILES string of the molecule is C#CCOc1ccccc1C(=O)N1CC(C(=O)C2CC2)c2ccccc21. The van der Waals surface area contributed by atoms with Crippen LogP contribution in [0.2, 0.25) is 0 Å². The molecule has 0 radical (unpaired) electrons. The molecule has 130 valence electrons. The predicted octanol–water partition coefficient (Wildman–Crippen LogP) is 3.42. The monoisotopic (exact) mass is 345 g/mol. The molecule has 1 atom stereocenters. The molecular formula is C22H19NO3. The molecule has 4 rings (SSSR count). The Balaban J connectivity index is 1.67. The number of carbonyl (C=O) groups excluding carboxylic acids is 2. The van der Waals surface area contributed by atoms with E-state index < -0.39 is 0 Å². The van der Waals surface area contributed by atoms with Crippen LogP contribution in [0.3, 0.4) is 0 Å². The van der Waals surface area contributed by atoms with E-state index in [9.17, 15) is 9.59 Å². The maximum Gasteiger partial charge on any atom is 0.262 e. The number of para-hydroxylation sites is 2. The zero-order valence-electron chi connectivity index (χ0n) is 14.4. The molecule has 2 aromatic rings. The van der Waals surface area contributed by atoms with Gasteiger partial charge in [-0.15, -0.1) is 6.42 Å². The average molecular weight is 345 g/mol. The summed E-state index contributed by atoms with van der Waals surface area (Å²) in [6.45, 7) is 0.487. The molecule has 4 heteroatoms. The normalized spacial score (nSPS) is 18.1. The average Bonchev–Trinajstić information content (AvgIpc) is 3.46. The summed E-state index contributed by atoms with van der Waals surface area (Å²) in [4.78, 5) is 27.6. The summed E-state index contributed by atoms with van der Waals surface area (Å²) >= 11 is 0. The van der Waals surface area contributed by atoms with Gasteiger partial charge in [-0.1, -0.05) is 36.3 Å². The minimum absolute atomic E-state index is 0.101. The number of nitrogens with zero attached hydrogens (tertiary/aromatic N) is 1. The van der Waals surface area contributed by atoms with E-state index in [1.807, 2.05) is 24.3 Å². The molecule has 1 aliphatic heterocycles. The lowest BCUT2D eigenvalue weighted by molar-refractivity contribution is -0.121. The van der Waals surface area contributed by atoms with Gasteiger partial charge in [0, 0.05) is 18.2 Å². The Bertz CT molecular complexity index is 908. The third kappa shape index (κ3) is 2.86. The van der Waals surface area contributed by atoms with Crippen molar-refractivity contribution in [3.63, 3.8) is 0 Å². The molecule has 1 unspecified atom stereocenters. The number of anilines is 1. The molecule has 0 bridgehead atoms. The molecule has 2 aliphatic rings. The second kappa shape index (κ2) is 6.68. The molecule has 1 aliphatic carbocycles. The first kappa shape index (κ1) is 16.4. The fraction of sp³-hybridized carbons (Fsp3) is 0.273. The van der Waals surface area contributed by atoms with Crippen LogP contribution >= 0.6 is 0 Å². The highest BCUT2D eigenvalue weighted by molar-refractivity contribution is 6.11. The van der Waals surface area contributed by atoms with Crippen LogP contribution in [0.5, 0.6) is 5.75 Å². The van der Waals surface area contributed by atoms with Crippen molar-refractivity contribution in [3.05, 3.63) is 59.7 Å². The van der Waals surface area contributed by atoms with Crippen LogP contribution in [0.15, 0.2) is 48.5 Å². The van der Waals surface area contributed by atoms with Crippen LogP contribution in [-0.4, -0.2) is 24.8 Å². The van der Waals surface area contributed by atoms with E-state index in [1.54, 1.807) is 29.2 Å². The van der Waals surface area contributed by atoms with Gasteiger partial charge in [0.1, 0.15) is 18.1 Å². The maximum atomic E-state index is 13.2. The quantitative estimate of drug-likeness (QED) is 0.780. The van der Waals surface area contributed by atoms with Crippen molar-refractivity contribution in [2.45, 2.75) is 18.8 Å². The van der Waals surface area contributed by atoms with Crippen molar-refractivity contribution in [2.24, 2.45) is 5.92 Å². The summed E-state index contributed by atoms with van der Waals surface area (Å²) in [5, 5.41) is 0. The van der Waals surface area contributed by atoms with Crippen molar-refractivity contribution in [2.75, 3.05) is 18.1 Å². The fourth-order valence-corrected chi connectivity index (χ4v) is 3.53. The molecule has 0 spiro atoms. The van der Waals surface area contributed by atoms with Gasteiger partial charge in [0.05, 0.1) is 11.5 Å². The van der Waals surface area contributed by atoms with Crippen molar-refractivity contribution in [3.8, 4) is 18.1 Å². The molecule has 4 nitrogen and oxygen atoms in total. The number of benzene rings is 2. The van der Waals surface area contributed by atoms with Crippen molar-refractivity contribution in [1.82, 2.24) is 0 Å². The summed E-state index contributed by atoms with van der Waals surface area (Å²) < 4.78 is 5.53. The smallest absolute Gasteiger partial charge is 0.262 e. The molecule has 26 heavy (non-hydrogen) atoms. The van der Waals surface area contributed by atoms with Crippen LogP contribution in [0, 0.1) is 18.3 Å². The number of rotatable bonds is 5. The minimum atomic E-state index is -0.235. The predicted molar refractivity (Wildman–Crippen MR) is 99.4 cm³/mol. The van der Waals surface area contributed by atoms with Crippen LogP contribution in [0.1, 0.15) is 34.7 Å². The molecular weight excluding hydrogens is 326 g/mol. The fourth-order valence-electron chi connectivity index (χ4n) is 3.53. The Kier molecular flexibility index (Phi) is 4.22. The number of carbonyl (C=O) groups is 2. The largest absolute Gasteiger partial charge is 0.480 e. The van der Waals surface area contributed by atoms with Crippen LogP contribution in [0.4, 0.5) is 5.69 Å².